The first-order valence-electron chi connectivity index (χ1n) is 8.35. The molecule has 0 saturated carbocycles. The lowest BCUT2D eigenvalue weighted by Gasteiger charge is -2.18. The van der Waals surface area contributed by atoms with E-state index in [1.165, 1.54) is 11.3 Å². The lowest BCUT2D eigenvalue weighted by Crippen LogP contribution is -2.29. The van der Waals surface area contributed by atoms with E-state index in [4.69, 9.17) is 4.74 Å². The molecular formula is C20H21NO3S2. The van der Waals surface area contributed by atoms with Crippen LogP contribution in [0.15, 0.2) is 70.9 Å². The van der Waals surface area contributed by atoms with Crippen LogP contribution in [0.5, 0.6) is 5.75 Å². The number of ether oxygens (including phenoxy) is 1. The smallest absolute Gasteiger partial charge is 0.241 e. The van der Waals surface area contributed by atoms with Crippen molar-refractivity contribution >= 4 is 21.4 Å². The number of thiophene rings is 1. The zero-order valence-corrected chi connectivity index (χ0v) is 16.3. The van der Waals surface area contributed by atoms with Crippen molar-refractivity contribution in [1.82, 2.24) is 4.72 Å². The molecule has 0 aliphatic carbocycles. The average Bonchev–Trinajstić information content (AvgIpc) is 3.16. The normalized spacial score (nSPS) is 12.7. The fourth-order valence-corrected chi connectivity index (χ4v) is 4.69. The molecule has 0 spiro atoms. The maximum absolute atomic E-state index is 12.9. The third kappa shape index (κ3) is 4.33. The largest absolute Gasteiger partial charge is 0.494 e. The molecule has 0 saturated heterocycles. The van der Waals surface area contributed by atoms with Crippen LogP contribution in [-0.2, 0) is 10.0 Å². The maximum atomic E-state index is 12.9. The van der Waals surface area contributed by atoms with Crippen molar-refractivity contribution in [2.75, 3.05) is 6.61 Å². The molecule has 0 radical (unpaired) electrons. The van der Waals surface area contributed by atoms with Crippen molar-refractivity contribution in [3.8, 4) is 5.75 Å². The van der Waals surface area contributed by atoms with Gasteiger partial charge in [0.15, 0.2) is 0 Å². The first kappa shape index (κ1) is 18.6. The number of aryl methyl sites for hydroxylation is 1. The molecule has 0 bridgehead atoms. The fourth-order valence-electron chi connectivity index (χ4n) is 2.61. The summed E-state index contributed by atoms with van der Waals surface area (Å²) in [7, 11) is -3.67. The standard InChI is InChI=1S/C20H21NO3S2/c1-3-24-17-10-12-18(13-11-17)26(22,23)21-20(19-5-4-14-25-19)16-8-6-15(2)7-9-16/h4-14,20-21H,3H2,1-2H3/t20-/m0/s1. The van der Waals surface area contributed by atoms with Crippen LogP contribution < -0.4 is 9.46 Å². The van der Waals surface area contributed by atoms with E-state index in [1.807, 2.05) is 55.6 Å². The number of sulfonamides is 1. The summed E-state index contributed by atoms with van der Waals surface area (Å²) < 4.78 is 34.0. The number of hydrogen-bond acceptors (Lipinski definition) is 4. The van der Waals surface area contributed by atoms with E-state index in [2.05, 4.69) is 4.72 Å². The number of nitrogens with one attached hydrogen (secondary N) is 1. The first-order valence-corrected chi connectivity index (χ1v) is 10.7. The summed E-state index contributed by atoms with van der Waals surface area (Å²) in [5.74, 6) is 0.653. The van der Waals surface area contributed by atoms with Crippen molar-refractivity contribution < 1.29 is 13.2 Å². The van der Waals surface area contributed by atoms with Gasteiger partial charge in [-0.3, -0.25) is 0 Å². The molecule has 1 heterocycles. The lowest BCUT2D eigenvalue weighted by atomic mass is 10.0. The molecular weight excluding hydrogens is 366 g/mol. The Kier molecular flexibility index (Phi) is 5.76. The topological polar surface area (TPSA) is 55.4 Å². The van der Waals surface area contributed by atoms with Gasteiger partial charge >= 0.3 is 0 Å². The summed E-state index contributed by atoms with van der Waals surface area (Å²) in [6, 6.07) is 17.8. The Labute approximate surface area is 158 Å². The van der Waals surface area contributed by atoms with Crippen LogP contribution in [-0.4, -0.2) is 15.0 Å². The minimum atomic E-state index is -3.67. The minimum absolute atomic E-state index is 0.217. The summed E-state index contributed by atoms with van der Waals surface area (Å²) in [6.45, 7) is 4.44. The van der Waals surface area contributed by atoms with Crippen LogP contribution in [0.25, 0.3) is 0 Å². The zero-order chi connectivity index (χ0) is 18.6. The van der Waals surface area contributed by atoms with E-state index in [1.54, 1.807) is 24.3 Å². The molecule has 1 atom stereocenters. The predicted molar refractivity (Wildman–Crippen MR) is 105 cm³/mol. The van der Waals surface area contributed by atoms with Crippen LogP contribution in [0.4, 0.5) is 0 Å². The Morgan fingerprint density at radius 2 is 1.73 bits per heavy atom. The Morgan fingerprint density at radius 3 is 2.31 bits per heavy atom. The van der Waals surface area contributed by atoms with Crippen molar-refractivity contribution in [2.45, 2.75) is 24.8 Å². The molecule has 3 aromatic rings. The summed E-state index contributed by atoms with van der Waals surface area (Å²) >= 11 is 1.53. The van der Waals surface area contributed by atoms with E-state index in [-0.39, 0.29) is 4.90 Å². The Balaban J connectivity index is 1.91. The molecule has 2 aromatic carbocycles. The molecule has 0 unspecified atom stereocenters. The van der Waals surface area contributed by atoms with Crippen LogP contribution in [0.3, 0.4) is 0 Å². The van der Waals surface area contributed by atoms with Gasteiger partial charge in [-0.1, -0.05) is 35.9 Å². The lowest BCUT2D eigenvalue weighted by molar-refractivity contribution is 0.340. The van der Waals surface area contributed by atoms with Gasteiger partial charge < -0.3 is 4.74 Å². The molecule has 0 amide bonds. The highest BCUT2D eigenvalue weighted by Crippen LogP contribution is 2.28. The minimum Gasteiger partial charge on any atom is -0.494 e. The fraction of sp³-hybridized carbons (Fsp3) is 0.200. The highest BCUT2D eigenvalue weighted by molar-refractivity contribution is 7.89. The van der Waals surface area contributed by atoms with Gasteiger partial charge in [-0.25, -0.2) is 8.42 Å². The molecule has 26 heavy (non-hydrogen) atoms. The maximum Gasteiger partial charge on any atom is 0.241 e. The van der Waals surface area contributed by atoms with Gasteiger partial charge in [-0.2, -0.15) is 4.72 Å². The molecule has 136 valence electrons. The second-order valence-electron chi connectivity index (χ2n) is 5.88. The number of benzene rings is 2. The Hall–Kier alpha value is -2.15. The van der Waals surface area contributed by atoms with Gasteiger partial charge in [0, 0.05) is 4.88 Å². The molecule has 0 fully saturated rings. The van der Waals surface area contributed by atoms with E-state index in [0.29, 0.717) is 12.4 Å². The van der Waals surface area contributed by atoms with Crippen LogP contribution in [0.2, 0.25) is 0 Å². The summed E-state index contributed by atoms with van der Waals surface area (Å²) in [5, 5.41) is 1.95. The van der Waals surface area contributed by atoms with E-state index in [9.17, 15) is 8.42 Å². The highest BCUT2D eigenvalue weighted by atomic mass is 32.2. The zero-order valence-electron chi connectivity index (χ0n) is 14.7. The third-order valence-corrected chi connectivity index (χ3v) is 6.33. The predicted octanol–water partition coefficient (Wildman–Crippen LogP) is 4.52. The van der Waals surface area contributed by atoms with Crippen LogP contribution in [0, 0.1) is 6.92 Å². The number of rotatable bonds is 7. The monoisotopic (exact) mass is 387 g/mol. The molecule has 0 aliphatic rings. The Morgan fingerprint density at radius 1 is 1.04 bits per heavy atom. The van der Waals surface area contributed by atoms with Gasteiger partial charge in [-0.05, 0) is 55.1 Å². The van der Waals surface area contributed by atoms with Gasteiger partial charge in [0.1, 0.15) is 5.75 Å². The van der Waals surface area contributed by atoms with Gasteiger partial charge in [-0.15, -0.1) is 11.3 Å². The summed E-state index contributed by atoms with van der Waals surface area (Å²) in [4.78, 5) is 1.16. The van der Waals surface area contributed by atoms with Crippen molar-refractivity contribution in [2.24, 2.45) is 0 Å². The second-order valence-corrected chi connectivity index (χ2v) is 8.58. The quantitative estimate of drug-likeness (QED) is 0.648. The Bertz CT molecular complexity index is 932. The first-order chi connectivity index (χ1) is 12.5. The van der Waals surface area contributed by atoms with Gasteiger partial charge in [0.05, 0.1) is 17.5 Å². The second kappa shape index (κ2) is 8.03. The van der Waals surface area contributed by atoms with Crippen molar-refractivity contribution in [1.29, 1.82) is 0 Å². The molecule has 6 heteroatoms. The SMILES string of the molecule is CCOc1ccc(S(=O)(=O)N[C@@H](c2ccc(C)cc2)c2cccs2)cc1. The number of hydrogen-bond donors (Lipinski definition) is 1. The molecule has 3 rings (SSSR count). The third-order valence-electron chi connectivity index (χ3n) is 3.96. The van der Waals surface area contributed by atoms with E-state index in [0.717, 1.165) is 16.0 Å². The average molecular weight is 388 g/mol. The van der Waals surface area contributed by atoms with Gasteiger partial charge in [0.2, 0.25) is 10.0 Å². The molecule has 1 aromatic heterocycles. The van der Waals surface area contributed by atoms with Gasteiger partial charge in [0.25, 0.3) is 0 Å². The van der Waals surface area contributed by atoms with E-state index >= 15 is 0 Å². The molecule has 4 nitrogen and oxygen atoms in total. The van der Waals surface area contributed by atoms with Crippen molar-refractivity contribution in [3.05, 3.63) is 82.0 Å². The van der Waals surface area contributed by atoms with E-state index < -0.39 is 16.1 Å². The van der Waals surface area contributed by atoms with Crippen molar-refractivity contribution in [3.63, 3.8) is 0 Å². The molecule has 0 aliphatic heterocycles. The highest BCUT2D eigenvalue weighted by Gasteiger charge is 2.23. The van der Waals surface area contributed by atoms with Crippen LogP contribution in [0.1, 0.15) is 29.0 Å². The van der Waals surface area contributed by atoms with Crippen LogP contribution >= 0.6 is 11.3 Å². The summed E-state index contributed by atoms with van der Waals surface area (Å²) in [6.07, 6.45) is 0. The summed E-state index contributed by atoms with van der Waals surface area (Å²) in [5.41, 5.74) is 2.04. The molecule has 1 N–H and O–H groups in total.